The van der Waals surface area contributed by atoms with Gasteiger partial charge in [0.25, 0.3) is 5.91 Å². The van der Waals surface area contributed by atoms with Crippen LogP contribution >= 0.6 is 0 Å². The fourth-order valence-electron chi connectivity index (χ4n) is 4.64. The van der Waals surface area contributed by atoms with E-state index in [1.807, 2.05) is 121 Å². The first-order valence-corrected chi connectivity index (χ1v) is 14.1. The van der Waals surface area contributed by atoms with Gasteiger partial charge >= 0.3 is 5.97 Å². The number of methoxy groups -OCH3 is 1. The van der Waals surface area contributed by atoms with E-state index in [-0.39, 0.29) is 12.3 Å². The van der Waals surface area contributed by atoms with E-state index in [4.69, 9.17) is 14.2 Å². The minimum absolute atomic E-state index is 0.209. The summed E-state index contributed by atoms with van der Waals surface area (Å²) >= 11 is 0. The monoisotopic (exact) mass is 571 g/mol. The van der Waals surface area contributed by atoms with Crippen LogP contribution in [0.1, 0.15) is 27.0 Å². The minimum Gasteiger partial charge on any atom is -0.485 e. The van der Waals surface area contributed by atoms with Gasteiger partial charge in [0.1, 0.15) is 19.3 Å². The third-order valence-corrected chi connectivity index (χ3v) is 6.97. The second-order valence-electron chi connectivity index (χ2n) is 10.0. The molecule has 6 nitrogen and oxygen atoms in total. The minimum atomic E-state index is -0.899. The Morgan fingerprint density at radius 2 is 1.14 bits per heavy atom. The number of esters is 1. The normalized spacial score (nSPS) is 11.3. The van der Waals surface area contributed by atoms with Gasteiger partial charge in [0, 0.05) is 12.0 Å². The van der Waals surface area contributed by atoms with Crippen LogP contribution in [0.2, 0.25) is 0 Å². The molecule has 1 atom stereocenters. The Morgan fingerprint density at radius 3 is 1.72 bits per heavy atom. The molecule has 0 saturated carbocycles. The number of nitrogens with one attached hydrogen (secondary N) is 1. The van der Waals surface area contributed by atoms with Crippen molar-refractivity contribution in [3.63, 3.8) is 0 Å². The average Bonchev–Trinajstić information content (AvgIpc) is 3.07. The van der Waals surface area contributed by atoms with E-state index in [0.29, 0.717) is 30.3 Å². The van der Waals surface area contributed by atoms with E-state index in [0.717, 1.165) is 27.8 Å². The van der Waals surface area contributed by atoms with Crippen molar-refractivity contribution in [2.24, 2.45) is 0 Å². The third-order valence-electron chi connectivity index (χ3n) is 6.97. The first kappa shape index (κ1) is 29.1. The molecule has 0 aliphatic rings. The molecule has 5 rings (SSSR count). The molecule has 0 saturated heterocycles. The number of carbonyl (C=O) groups excluding carboxylic acids is 2. The highest BCUT2D eigenvalue weighted by atomic mass is 16.5. The second kappa shape index (κ2) is 14.5. The third kappa shape index (κ3) is 8.11. The van der Waals surface area contributed by atoms with Crippen molar-refractivity contribution in [3.05, 3.63) is 156 Å². The topological polar surface area (TPSA) is 73.9 Å². The maximum atomic E-state index is 13.2. The van der Waals surface area contributed by atoms with Gasteiger partial charge in [-0.3, -0.25) is 4.79 Å². The molecule has 1 N–H and O–H groups in total. The number of rotatable bonds is 12. The predicted molar refractivity (Wildman–Crippen MR) is 167 cm³/mol. The van der Waals surface area contributed by atoms with Crippen LogP contribution in [0.15, 0.2) is 133 Å². The SMILES string of the molecule is COC(=O)[C@H](Cc1ccc(OCc2ccccc2)c(OCc2ccccc2)c1)NC(=O)c1ccc(-c2ccccc2)cc1. The van der Waals surface area contributed by atoms with E-state index in [1.165, 1.54) is 7.11 Å². The molecular formula is C37H33NO5. The molecule has 0 unspecified atom stereocenters. The molecule has 0 aliphatic carbocycles. The quantitative estimate of drug-likeness (QED) is 0.163. The molecule has 1 amide bonds. The lowest BCUT2D eigenvalue weighted by Crippen LogP contribution is -2.43. The van der Waals surface area contributed by atoms with Gasteiger partial charge in [-0.2, -0.15) is 0 Å². The standard InChI is InChI=1S/C37H33NO5/c1-41-37(40)33(38-36(39)32-20-18-31(19-21-32)30-15-9-4-10-16-30)23-29-17-22-34(42-25-27-11-5-2-6-12-27)35(24-29)43-26-28-13-7-3-8-14-28/h2-22,24,33H,23,25-26H2,1H3,(H,38,39)/t33-/m0/s1. The highest BCUT2D eigenvalue weighted by molar-refractivity contribution is 5.97. The lowest BCUT2D eigenvalue weighted by atomic mass is 10.0. The van der Waals surface area contributed by atoms with Gasteiger partial charge in [0.15, 0.2) is 11.5 Å². The predicted octanol–water partition coefficient (Wildman–Crippen LogP) is 7.03. The molecule has 0 spiro atoms. The van der Waals surface area contributed by atoms with Gasteiger partial charge in [-0.05, 0) is 52.1 Å². The number of carbonyl (C=O) groups is 2. The molecule has 43 heavy (non-hydrogen) atoms. The smallest absolute Gasteiger partial charge is 0.328 e. The largest absolute Gasteiger partial charge is 0.485 e. The van der Waals surface area contributed by atoms with Crippen molar-refractivity contribution in [2.75, 3.05) is 7.11 Å². The van der Waals surface area contributed by atoms with Gasteiger partial charge in [-0.15, -0.1) is 0 Å². The number of hydrogen-bond acceptors (Lipinski definition) is 5. The van der Waals surface area contributed by atoms with Crippen LogP contribution in [0.3, 0.4) is 0 Å². The van der Waals surface area contributed by atoms with Crippen molar-refractivity contribution in [1.29, 1.82) is 0 Å². The Hall–Kier alpha value is -5.36. The fourth-order valence-corrected chi connectivity index (χ4v) is 4.64. The summed E-state index contributed by atoms with van der Waals surface area (Å²) in [6.45, 7) is 0.730. The van der Waals surface area contributed by atoms with E-state index >= 15 is 0 Å². The Kier molecular flexibility index (Phi) is 9.83. The molecule has 0 heterocycles. The number of ether oxygens (including phenoxy) is 3. The summed E-state index contributed by atoms with van der Waals surface area (Å²) in [4.78, 5) is 25.9. The van der Waals surface area contributed by atoms with Crippen molar-refractivity contribution in [3.8, 4) is 22.6 Å². The molecule has 5 aromatic rings. The van der Waals surface area contributed by atoms with Crippen LogP contribution in [0, 0.1) is 0 Å². The van der Waals surface area contributed by atoms with Crippen molar-refractivity contribution >= 4 is 11.9 Å². The molecule has 0 fully saturated rings. The number of amides is 1. The zero-order chi connectivity index (χ0) is 29.9. The Labute approximate surface area is 251 Å². The number of hydrogen-bond donors (Lipinski definition) is 1. The summed E-state index contributed by atoms with van der Waals surface area (Å²) in [5.74, 6) is 0.230. The lowest BCUT2D eigenvalue weighted by molar-refractivity contribution is -0.142. The first-order valence-electron chi connectivity index (χ1n) is 14.1. The fraction of sp³-hybridized carbons (Fsp3) is 0.135. The molecule has 216 valence electrons. The summed E-state index contributed by atoms with van der Waals surface area (Å²) in [7, 11) is 1.31. The number of benzene rings is 5. The Bertz CT molecular complexity index is 1620. The maximum Gasteiger partial charge on any atom is 0.328 e. The van der Waals surface area contributed by atoms with Crippen LogP contribution in [-0.2, 0) is 29.2 Å². The molecule has 5 aromatic carbocycles. The van der Waals surface area contributed by atoms with Crippen molar-refractivity contribution in [1.82, 2.24) is 5.32 Å². The molecule has 0 aromatic heterocycles. The van der Waals surface area contributed by atoms with Gasteiger partial charge in [0.05, 0.1) is 7.11 Å². The zero-order valence-electron chi connectivity index (χ0n) is 23.9. The highest BCUT2D eigenvalue weighted by Crippen LogP contribution is 2.31. The van der Waals surface area contributed by atoms with Crippen LogP contribution in [0.25, 0.3) is 11.1 Å². The van der Waals surface area contributed by atoms with E-state index < -0.39 is 12.0 Å². The molecule has 0 aliphatic heterocycles. The summed E-state index contributed by atoms with van der Waals surface area (Å²) in [5, 5.41) is 2.84. The van der Waals surface area contributed by atoms with Gasteiger partial charge in [0.2, 0.25) is 0 Å². The molecule has 0 radical (unpaired) electrons. The second-order valence-corrected chi connectivity index (χ2v) is 10.0. The van der Waals surface area contributed by atoms with Crippen LogP contribution < -0.4 is 14.8 Å². The highest BCUT2D eigenvalue weighted by Gasteiger charge is 2.23. The summed E-state index contributed by atoms with van der Waals surface area (Å²) in [6.07, 6.45) is 0.209. The molecular weight excluding hydrogens is 538 g/mol. The van der Waals surface area contributed by atoms with E-state index in [1.54, 1.807) is 12.1 Å². The maximum absolute atomic E-state index is 13.2. The van der Waals surface area contributed by atoms with Gasteiger partial charge < -0.3 is 19.5 Å². The van der Waals surface area contributed by atoms with Crippen LogP contribution in [-0.4, -0.2) is 25.0 Å². The van der Waals surface area contributed by atoms with Crippen molar-refractivity contribution < 1.29 is 23.8 Å². The van der Waals surface area contributed by atoms with Crippen LogP contribution in [0.4, 0.5) is 0 Å². The van der Waals surface area contributed by atoms with Crippen LogP contribution in [0.5, 0.6) is 11.5 Å². The summed E-state index contributed by atoms with van der Waals surface area (Å²) in [6, 6.07) is 41.6. The zero-order valence-corrected chi connectivity index (χ0v) is 23.9. The van der Waals surface area contributed by atoms with Gasteiger partial charge in [-0.1, -0.05) is 109 Å². The molecule has 0 bridgehead atoms. The van der Waals surface area contributed by atoms with Gasteiger partial charge in [-0.25, -0.2) is 4.79 Å². The average molecular weight is 572 g/mol. The van der Waals surface area contributed by atoms with Crippen molar-refractivity contribution in [2.45, 2.75) is 25.7 Å². The van der Waals surface area contributed by atoms with E-state index in [2.05, 4.69) is 5.32 Å². The Morgan fingerprint density at radius 1 is 0.605 bits per heavy atom. The Balaban J connectivity index is 1.32. The summed E-state index contributed by atoms with van der Waals surface area (Å²) in [5.41, 5.74) is 5.34. The summed E-state index contributed by atoms with van der Waals surface area (Å²) < 4.78 is 17.3. The molecule has 6 heteroatoms. The first-order chi connectivity index (χ1) is 21.1. The van der Waals surface area contributed by atoms with E-state index in [9.17, 15) is 9.59 Å². The lowest BCUT2D eigenvalue weighted by Gasteiger charge is -2.19.